The molecule has 19 heavy (non-hydrogen) atoms. The fourth-order valence-electron chi connectivity index (χ4n) is 2.46. The topological polar surface area (TPSA) is 16.8 Å². The average Bonchev–Trinajstić information content (AvgIpc) is 2.31. The van der Waals surface area contributed by atoms with Crippen molar-refractivity contribution in [1.82, 2.24) is 4.98 Å². The number of rotatable bonds is 1. The Bertz CT molecular complexity index is 607. The Labute approximate surface area is 116 Å². The summed E-state index contributed by atoms with van der Waals surface area (Å²) in [6.45, 7) is 10.9. The third-order valence-corrected chi connectivity index (χ3v) is 3.51. The summed E-state index contributed by atoms with van der Waals surface area (Å²) < 4.78 is 2.13. The van der Waals surface area contributed by atoms with Crippen molar-refractivity contribution >= 4 is 0 Å². The molecule has 0 unspecified atom stereocenters. The van der Waals surface area contributed by atoms with Gasteiger partial charge in [-0.3, -0.25) is 0 Å². The van der Waals surface area contributed by atoms with E-state index in [-0.39, 0.29) is 5.41 Å². The first kappa shape index (κ1) is 13.7. The molecule has 1 heterocycles. The average molecular weight is 255 g/mol. The maximum atomic E-state index is 4.83. The highest BCUT2D eigenvalue weighted by atomic mass is 15.0. The Morgan fingerprint density at radius 2 is 1.68 bits per heavy atom. The quantitative estimate of drug-likeness (QED) is 0.713. The molecule has 2 nitrogen and oxygen atoms in total. The Hall–Kier alpha value is -1.70. The second-order valence-corrected chi connectivity index (χ2v) is 6.24. The molecule has 100 valence electrons. The number of nitrogens with zero attached hydrogens (tertiary/aromatic N) is 2. The molecular formula is C17H23N2+. The van der Waals surface area contributed by atoms with Gasteiger partial charge in [0.15, 0.2) is 5.69 Å². The fraction of sp³-hybridized carbons (Fsp3) is 0.412. The van der Waals surface area contributed by atoms with Crippen LogP contribution in [0.15, 0.2) is 30.5 Å². The minimum absolute atomic E-state index is 0.124. The van der Waals surface area contributed by atoms with Crippen LogP contribution in [-0.4, -0.2) is 4.98 Å². The van der Waals surface area contributed by atoms with Gasteiger partial charge in [-0.2, -0.15) is 0 Å². The second-order valence-electron chi connectivity index (χ2n) is 6.24. The van der Waals surface area contributed by atoms with Crippen LogP contribution in [0.4, 0.5) is 0 Å². The van der Waals surface area contributed by atoms with E-state index in [0.29, 0.717) is 0 Å². The highest BCUT2D eigenvalue weighted by Gasteiger charge is 2.25. The van der Waals surface area contributed by atoms with Crippen molar-refractivity contribution in [2.45, 2.75) is 40.0 Å². The number of aromatic nitrogens is 2. The zero-order valence-corrected chi connectivity index (χ0v) is 12.8. The molecule has 1 aromatic heterocycles. The predicted molar refractivity (Wildman–Crippen MR) is 79.0 cm³/mol. The van der Waals surface area contributed by atoms with Crippen LogP contribution < -0.4 is 4.57 Å². The van der Waals surface area contributed by atoms with Gasteiger partial charge in [-0.1, -0.05) is 39.0 Å². The van der Waals surface area contributed by atoms with Crippen molar-refractivity contribution in [3.63, 3.8) is 0 Å². The maximum absolute atomic E-state index is 4.83. The van der Waals surface area contributed by atoms with E-state index in [1.165, 1.54) is 16.7 Å². The Morgan fingerprint density at radius 1 is 1.05 bits per heavy atom. The number of hydrogen-bond acceptors (Lipinski definition) is 1. The third kappa shape index (κ3) is 2.67. The van der Waals surface area contributed by atoms with Gasteiger partial charge in [0.05, 0.1) is 18.8 Å². The highest BCUT2D eigenvalue weighted by molar-refractivity contribution is 5.57. The van der Waals surface area contributed by atoms with E-state index in [0.717, 1.165) is 11.5 Å². The molecule has 0 aliphatic carbocycles. The lowest BCUT2D eigenvalue weighted by Gasteiger charge is -2.18. The molecule has 0 radical (unpaired) electrons. The summed E-state index contributed by atoms with van der Waals surface area (Å²) in [4.78, 5) is 4.83. The molecule has 0 aliphatic rings. The van der Waals surface area contributed by atoms with Gasteiger partial charge in [0.1, 0.15) is 0 Å². The zero-order valence-electron chi connectivity index (χ0n) is 12.8. The molecule has 0 aliphatic heterocycles. The van der Waals surface area contributed by atoms with Crippen molar-refractivity contribution in [3.8, 4) is 11.4 Å². The summed E-state index contributed by atoms with van der Waals surface area (Å²) in [6.07, 6.45) is 2.21. The number of benzene rings is 1. The molecule has 0 fully saturated rings. The first-order chi connectivity index (χ1) is 8.80. The van der Waals surface area contributed by atoms with E-state index in [2.05, 4.69) is 76.7 Å². The molecule has 2 aromatic rings. The smallest absolute Gasteiger partial charge is 0.233 e. The summed E-state index contributed by atoms with van der Waals surface area (Å²) >= 11 is 0. The minimum Gasteiger partial charge on any atom is -0.233 e. The summed E-state index contributed by atoms with van der Waals surface area (Å²) in [5, 5.41) is 0. The van der Waals surface area contributed by atoms with Gasteiger partial charge in [0, 0.05) is 12.5 Å². The Morgan fingerprint density at radius 3 is 2.26 bits per heavy atom. The van der Waals surface area contributed by atoms with Gasteiger partial charge in [-0.15, -0.1) is 0 Å². The monoisotopic (exact) mass is 255 g/mol. The standard InChI is InChI=1S/C17H23N2/c1-12-9-7-8-10-14(12)16-18-13(2)15(11-19(16)6)17(3,4)5/h7-11H,1-6H3/q+1. The van der Waals surface area contributed by atoms with E-state index >= 15 is 0 Å². The molecule has 0 amide bonds. The van der Waals surface area contributed by atoms with Gasteiger partial charge in [-0.05, 0) is 29.0 Å². The molecule has 1 aromatic carbocycles. The second kappa shape index (κ2) is 4.76. The van der Waals surface area contributed by atoms with Crippen LogP contribution in [0.2, 0.25) is 0 Å². The maximum Gasteiger partial charge on any atom is 0.330 e. The Balaban J connectivity index is 2.63. The van der Waals surface area contributed by atoms with Gasteiger partial charge >= 0.3 is 5.82 Å². The van der Waals surface area contributed by atoms with Crippen LogP contribution in [0.5, 0.6) is 0 Å². The van der Waals surface area contributed by atoms with E-state index < -0.39 is 0 Å². The zero-order chi connectivity index (χ0) is 14.2. The van der Waals surface area contributed by atoms with Crippen molar-refractivity contribution in [2.24, 2.45) is 7.05 Å². The van der Waals surface area contributed by atoms with Crippen LogP contribution >= 0.6 is 0 Å². The van der Waals surface area contributed by atoms with Crippen LogP contribution in [0, 0.1) is 13.8 Å². The van der Waals surface area contributed by atoms with Gasteiger partial charge < -0.3 is 0 Å². The first-order valence-electron chi connectivity index (χ1n) is 6.74. The van der Waals surface area contributed by atoms with Crippen molar-refractivity contribution in [1.29, 1.82) is 0 Å². The van der Waals surface area contributed by atoms with Crippen LogP contribution in [-0.2, 0) is 12.5 Å². The van der Waals surface area contributed by atoms with E-state index in [1.807, 2.05) is 0 Å². The lowest BCUT2D eigenvalue weighted by molar-refractivity contribution is -0.663. The SMILES string of the molecule is Cc1ccccc1-c1nc(C)c(C(C)(C)C)c[n+]1C. The molecule has 0 N–H and O–H groups in total. The van der Waals surface area contributed by atoms with Crippen molar-refractivity contribution < 1.29 is 4.57 Å². The normalized spacial score (nSPS) is 11.7. The van der Waals surface area contributed by atoms with Crippen LogP contribution in [0.3, 0.4) is 0 Å². The number of aryl methyl sites for hydroxylation is 3. The van der Waals surface area contributed by atoms with Crippen LogP contribution in [0.1, 0.15) is 37.6 Å². The number of hydrogen-bond donors (Lipinski definition) is 0. The predicted octanol–water partition coefficient (Wildman–Crippen LogP) is 3.49. The Kier molecular flexibility index (Phi) is 3.44. The molecule has 0 saturated heterocycles. The van der Waals surface area contributed by atoms with Gasteiger partial charge in [-0.25, -0.2) is 4.57 Å². The summed E-state index contributed by atoms with van der Waals surface area (Å²) in [5.74, 6) is 1.03. The van der Waals surface area contributed by atoms with Crippen molar-refractivity contribution in [3.05, 3.63) is 47.3 Å². The molecule has 0 saturated carbocycles. The minimum atomic E-state index is 0.124. The van der Waals surface area contributed by atoms with Crippen molar-refractivity contribution in [2.75, 3.05) is 0 Å². The molecule has 0 spiro atoms. The summed E-state index contributed by atoms with van der Waals surface area (Å²) in [6, 6.07) is 8.39. The highest BCUT2D eigenvalue weighted by Crippen LogP contribution is 2.25. The molecular weight excluding hydrogens is 232 g/mol. The largest absolute Gasteiger partial charge is 0.330 e. The van der Waals surface area contributed by atoms with E-state index in [4.69, 9.17) is 4.98 Å². The molecule has 0 bridgehead atoms. The summed E-state index contributed by atoms with van der Waals surface area (Å²) in [7, 11) is 2.07. The molecule has 2 rings (SSSR count). The van der Waals surface area contributed by atoms with E-state index in [1.54, 1.807) is 0 Å². The molecule has 0 atom stereocenters. The lowest BCUT2D eigenvalue weighted by Crippen LogP contribution is -2.35. The van der Waals surface area contributed by atoms with Crippen LogP contribution in [0.25, 0.3) is 11.4 Å². The lowest BCUT2D eigenvalue weighted by atomic mass is 9.87. The fourth-order valence-corrected chi connectivity index (χ4v) is 2.46. The third-order valence-electron chi connectivity index (χ3n) is 3.51. The van der Waals surface area contributed by atoms with Gasteiger partial charge in [0.2, 0.25) is 0 Å². The van der Waals surface area contributed by atoms with Gasteiger partial charge in [0.25, 0.3) is 0 Å². The first-order valence-corrected chi connectivity index (χ1v) is 6.74. The molecule has 2 heteroatoms. The summed E-state index contributed by atoms with van der Waals surface area (Å²) in [5.41, 5.74) is 5.00. The van der Waals surface area contributed by atoms with E-state index in [9.17, 15) is 0 Å².